The third-order valence-corrected chi connectivity index (χ3v) is 4.48. The first-order valence-corrected chi connectivity index (χ1v) is 7.65. The maximum atomic E-state index is 13.7. The molecule has 3 nitrogen and oxygen atoms in total. The lowest BCUT2D eigenvalue weighted by molar-refractivity contribution is -0.120. The van der Waals surface area contributed by atoms with E-state index in [1.54, 1.807) is 11.1 Å². The van der Waals surface area contributed by atoms with Gasteiger partial charge in [-0.05, 0) is 30.4 Å². The molecule has 2 heterocycles. The van der Waals surface area contributed by atoms with E-state index in [-0.39, 0.29) is 11.8 Å². The summed E-state index contributed by atoms with van der Waals surface area (Å²) in [4.78, 5) is 17.8. The van der Waals surface area contributed by atoms with Gasteiger partial charge >= 0.3 is 0 Å². The van der Waals surface area contributed by atoms with Gasteiger partial charge in [-0.1, -0.05) is 6.07 Å². The Balaban J connectivity index is 1.73. The number of benzene rings is 1. The standard InChI is InChI=1S/C15H14F2N2OS/c16-12-3-2-11(13(17)8-12)7-10-1-4-14(20)19(9-10)15-18-5-6-21-15/h2-3,5-6,8,10H,1,4,7,9H2. The third kappa shape index (κ3) is 3.10. The van der Waals surface area contributed by atoms with Gasteiger partial charge in [-0.2, -0.15) is 0 Å². The number of aromatic nitrogens is 1. The monoisotopic (exact) mass is 308 g/mol. The zero-order chi connectivity index (χ0) is 14.8. The van der Waals surface area contributed by atoms with Crippen LogP contribution in [0, 0.1) is 17.6 Å². The molecule has 1 atom stereocenters. The van der Waals surface area contributed by atoms with Gasteiger partial charge in [0.1, 0.15) is 11.6 Å². The van der Waals surface area contributed by atoms with E-state index < -0.39 is 11.6 Å². The van der Waals surface area contributed by atoms with Gasteiger partial charge in [0, 0.05) is 30.6 Å². The van der Waals surface area contributed by atoms with Crippen LogP contribution in [-0.2, 0) is 11.2 Å². The lowest BCUT2D eigenvalue weighted by atomic mass is 9.91. The smallest absolute Gasteiger partial charge is 0.228 e. The van der Waals surface area contributed by atoms with Crippen LogP contribution in [0.1, 0.15) is 18.4 Å². The van der Waals surface area contributed by atoms with Crippen molar-refractivity contribution in [2.45, 2.75) is 19.3 Å². The molecule has 1 aliphatic heterocycles. The van der Waals surface area contributed by atoms with E-state index in [1.807, 2.05) is 5.38 Å². The molecule has 3 rings (SSSR count). The number of rotatable bonds is 3. The first-order chi connectivity index (χ1) is 10.1. The highest BCUT2D eigenvalue weighted by Crippen LogP contribution is 2.28. The van der Waals surface area contributed by atoms with Crippen molar-refractivity contribution in [1.82, 2.24) is 4.98 Å². The molecule has 0 radical (unpaired) electrons. The number of hydrogen-bond donors (Lipinski definition) is 0. The van der Waals surface area contributed by atoms with Gasteiger partial charge in [-0.25, -0.2) is 13.8 Å². The molecule has 0 bridgehead atoms. The summed E-state index contributed by atoms with van der Waals surface area (Å²) >= 11 is 1.42. The summed E-state index contributed by atoms with van der Waals surface area (Å²) in [6.45, 7) is 0.531. The van der Waals surface area contributed by atoms with Crippen molar-refractivity contribution >= 4 is 22.4 Å². The lowest BCUT2D eigenvalue weighted by Crippen LogP contribution is -2.40. The number of carbonyl (C=O) groups excluding carboxylic acids is 1. The molecule has 110 valence electrons. The minimum atomic E-state index is -0.570. The van der Waals surface area contributed by atoms with E-state index in [9.17, 15) is 13.6 Å². The summed E-state index contributed by atoms with van der Waals surface area (Å²) in [7, 11) is 0. The molecular weight excluding hydrogens is 294 g/mol. The molecule has 1 aromatic carbocycles. The molecule has 1 amide bonds. The molecule has 0 spiro atoms. The molecule has 1 unspecified atom stereocenters. The molecule has 1 aliphatic rings. The molecule has 0 N–H and O–H groups in total. The van der Waals surface area contributed by atoms with Crippen molar-refractivity contribution in [3.05, 3.63) is 47.0 Å². The second-order valence-electron chi connectivity index (χ2n) is 5.16. The molecule has 1 aromatic heterocycles. The molecular formula is C15H14F2N2OS. The Morgan fingerprint density at radius 1 is 1.38 bits per heavy atom. The van der Waals surface area contributed by atoms with E-state index in [2.05, 4.69) is 4.98 Å². The largest absolute Gasteiger partial charge is 0.288 e. The number of halogens is 2. The molecule has 0 aliphatic carbocycles. The lowest BCUT2D eigenvalue weighted by Gasteiger charge is -2.31. The molecule has 1 saturated heterocycles. The number of hydrogen-bond acceptors (Lipinski definition) is 3. The van der Waals surface area contributed by atoms with Gasteiger partial charge in [0.25, 0.3) is 0 Å². The van der Waals surface area contributed by atoms with E-state index in [0.717, 1.165) is 12.5 Å². The summed E-state index contributed by atoms with van der Waals surface area (Å²) in [6.07, 6.45) is 3.32. The van der Waals surface area contributed by atoms with E-state index in [0.29, 0.717) is 30.1 Å². The maximum Gasteiger partial charge on any atom is 0.228 e. The Bertz CT molecular complexity index is 645. The van der Waals surface area contributed by atoms with Crippen LogP contribution < -0.4 is 4.90 Å². The topological polar surface area (TPSA) is 33.2 Å². The van der Waals surface area contributed by atoms with Crippen molar-refractivity contribution in [1.29, 1.82) is 0 Å². The number of thiazole rings is 1. The Labute approximate surface area is 125 Å². The van der Waals surface area contributed by atoms with Gasteiger partial charge in [0.2, 0.25) is 5.91 Å². The normalized spacial score (nSPS) is 19.0. The van der Waals surface area contributed by atoms with Crippen LogP contribution >= 0.6 is 11.3 Å². The predicted octanol–water partition coefficient (Wildman–Crippen LogP) is 3.41. The van der Waals surface area contributed by atoms with Crippen LogP contribution in [0.5, 0.6) is 0 Å². The van der Waals surface area contributed by atoms with Crippen molar-refractivity contribution in [3.63, 3.8) is 0 Å². The highest BCUT2D eigenvalue weighted by molar-refractivity contribution is 7.13. The number of piperidine rings is 1. The average molecular weight is 308 g/mol. The summed E-state index contributed by atoms with van der Waals surface area (Å²) in [5, 5.41) is 2.51. The van der Waals surface area contributed by atoms with E-state index >= 15 is 0 Å². The van der Waals surface area contributed by atoms with Crippen molar-refractivity contribution in [3.8, 4) is 0 Å². The SMILES string of the molecule is O=C1CCC(Cc2ccc(F)cc2F)CN1c1nccs1. The Morgan fingerprint density at radius 2 is 2.24 bits per heavy atom. The molecule has 2 aromatic rings. The predicted molar refractivity (Wildman–Crippen MR) is 77.3 cm³/mol. The van der Waals surface area contributed by atoms with Gasteiger partial charge in [0.05, 0.1) is 0 Å². The maximum absolute atomic E-state index is 13.7. The second-order valence-corrected chi connectivity index (χ2v) is 6.04. The number of amides is 1. The Morgan fingerprint density at radius 3 is 2.95 bits per heavy atom. The number of carbonyl (C=O) groups is 1. The summed E-state index contributed by atoms with van der Waals surface area (Å²) < 4.78 is 26.6. The third-order valence-electron chi connectivity index (χ3n) is 3.68. The highest BCUT2D eigenvalue weighted by Gasteiger charge is 2.28. The zero-order valence-corrected chi connectivity index (χ0v) is 12.1. The Hall–Kier alpha value is -1.82. The van der Waals surface area contributed by atoms with E-state index in [4.69, 9.17) is 0 Å². The summed E-state index contributed by atoms with van der Waals surface area (Å²) in [5.41, 5.74) is 0.495. The molecule has 21 heavy (non-hydrogen) atoms. The van der Waals surface area contributed by atoms with E-state index in [1.165, 1.54) is 23.5 Å². The number of nitrogens with zero attached hydrogens (tertiary/aromatic N) is 2. The quantitative estimate of drug-likeness (QED) is 0.870. The minimum absolute atomic E-state index is 0.0563. The van der Waals surface area contributed by atoms with Gasteiger partial charge in [-0.3, -0.25) is 9.69 Å². The molecule has 6 heteroatoms. The van der Waals surface area contributed by atoms with Gasteiger partial charge in [0.15, 0.2) is 5.13 Å². The summed E-state index contributed by atoms with van der Waals surface area (Å²) in [5.74, 6) is -0.875. The fraction of sp³-hybridized carbons (Fsp3) is 0.333. The van der Waals surface area contributed by atoms with Crippen LogP contribution in [0.4, 0.5) is 13.9 Å². The zero-order valence-electron chi connectivity index (χ0n) is 11.3. The summed E-state index contributed by atoms with van der Waals surface area (Å²) in [6, 6.07) is 3.65. The number of anilines is 1. The Kier molecular flexibility index (Phi) is 3.96. The van der Waals surface area contributed by atoms with Gasteiger partial charge in [-0.15, -0.1) is 11.3 Å². The first-order valence-electron chi connectivity index (χ1n) is 6.77. The molecule has 1 fully saturated rings. The fourth-order valence-electron chi connectivity index (χ4n) is 2.61. The average Bonchev–Trinajstić information content (AvgIpc) is 2.98. The van der Waals surface area contributed by atoms with Crippen LogP contribution in [0.15, 0.2) is 29.8 Å². The highest BCUT2D eigenvalue weighted by atomic mass is 32.1. The van der Waals surface area contributed by atoms with Crippen molar-refractivity contribution in [2.24, 2.45) is 5.92 Å². The van der Waals surface area contributed by atoms with Crippen molar-refractivity contribution < 1.29 is 13.6 Å². The van der Waals surface area contributed by atoms with Crippen molar-refractivity contribution in [2.75, 3.05) is 11.4 Å². The van der Waals surface area contributed by atoms with Crippen LogP contribution in [0.2, 0.25) is 0 Å². The first kappa shape index (κ1) is 14.1. The van der Waals surface area contributed by atoms with Crippen LogP contribution in [0.25, 0.3) is 0 Å². The second kappa shape index (κ2) is 5.89. The molecule has 0 saturated carbocycles. The van der Waals surface area contributed by atoms with Crippen LogP contribution in [-0.4, -0.2) is 17.4 Å². The minimum Gasteiger partial charge on any atom is -0.288 e. The fourth-order valence-corrected chi connectivity index (χ4v) is 3.28. The van der Waals surface area contributed by atoms with Gasteiger partial charge < -0.3 is 0 Å². The van der Waals surface area contributed by atoms with Crippen LogP contribution in [0.3, 0.4) is 0 Å².